The molecule has 0 spiro atoms. The van der Waals surface area contributed by atoms with E-state index >= 15 is 0 Å². The minimum absolute atomic E-state index is 0.0552. The second-order valence-corrected chi connectivity index (χ2v) is 3.60. The van der Waals surface area contributed by atoms with Gasteiger partial charge in [0.2, 0.25) is 0 Å². The van der Waals surface area contributed by atoms with Gasteiger partial charge in [-0.25, -0.2) is 4.98 Å². The number of rotatable bonds is 6. The van der Waals surface area contributed by atoms with Crippen LogP contribution in [0, 0.1) is 17.0 Å². The maximum Gasteiger partial charge on any atom is 0.287 e. The molecule has 1 rings (SSSR count). The molecule has 7 heteroatoms. The van der Waals surface area contributed by atoms with Crippen molar-refractivity contribution in [2.24, 2.45) is 0 Å². The Morgan fingerprint density at radius 3 is 2.88 bits per heavy atom. The van der Waals surface area contributed by atoms with Crippen LogP contribution in [0.2, 0.25) is 0 Å². The van der Waals surface area contributed by atoms with Crippen molar-refractivity contribution in [3.8, 4) is 0 Å². The van der Waals surface area contributed by atoms with Crippen LogP contribution in [0.4, 0.5) is 11.5 Å². The molecule has 7 nitrogen and oxygen atoms in total. The van der Waals surface area contributed by atoms with Gasteiger partial charge in [-0.2, -0.15) is 0 Å². The lowest BCUT2D eigenvalue weighted by Crippen LogP contribution is -2.29. The van der Waals surface area contributed by atoms with Crippen molar-refractivity contribution in [1.29, 1.82) is 0 Å². The van der Waals surface area contributed by atoms with Crippen molar-refractivity contribution >= 4 is 11.5 Å². The van der Waals surface area contributed by atoms with Gasteiger partial charge in [-0.3, -0.25) is 10.1 Å². The number of ether oxygens (including phenoxy) is 1. The van der Waals surface area contributed by atoms with Crippen molar-refractivity contribution in [1.82, 2.24) is 4.98 Å². The SMILES string of the molecule is COCC(CO)Nc1ncc([N+](=O)[O-])cc1C. The maximum absolute atomic E-state index is 10.5. The van der Waals surface area contributed by atoms with Gasteiger partial charge in [0, 0.05) is 13.2 Å². The van der Waals surface area contributed by atoms with Gasteiger partial charge in [-0.05, 0) is 12.5 Å². The number of anilines is 1. The van der Waals surface area contributed by atoms with E-state index in [1.807, 2.05) is 0 Å². The largest absolute Gasteiger partial charge is 0.394 e. The van der Waals surface area contributed by atoms with Crippen LogP contribution in [0.3, 0.4) is 0 Å². The van der Waals surface area contributed by atoms with Crippen molar-refractivity contribution in [3.05, 3.63) is 27.9 Å². The lowest BCUT2D eigenvalue weighted by atomic mass is 10.2. The summed E-state index contributed by atoms with van der Waals surface area (Å²) in [7, 11) is 1.53. The molecule has 0 radical (unpaired) electrons. The van der Waals surface area contributed by atoms with Crippen LogP contribution in [0.25, 0.3) is 0 Å². The van der Waals surface area contributed by atoms with Gasteiger partial charge in [0.1, 0.15) is 12.0 Å². The van der Waals surface area contributed by atoms with E-state index in [1.165, 1.54) is 19.4 Å². The molecule has 0 fully saturated rings. The zero-order valence-electron chi connectivity index (χ0n) is 9.71. The first kappa shape index (κ1) is 13.3. The van der Waals surface area contributed by atoms with Gasteiger partial charge in [-0.1, -0.05) is 0 Å². The average molecular weight is 241 g/mol. The summed E-state index contributed by atoms with van der Waals surface area (Å²) in [4.78, 5) is 14.0. The monoisotopic (exact) mass is 241 g/mol. The predicted molar refractivity (Wildman–Crippen MR) is 62.0 cm³/mol. The Balaban J connectivity index is 2.81. The first-order valence-corrected chi connectivity index (χ1v) is 5.05. The van der Waals surface area contributed by atoms with Crippen LogP contribution in [0.15, 0.2) is 12.3 Å². The second-order valence-electron chi connectivity index (χ2n) is 3.60. The zero-order valence-corrected chi connectivity index (χ0v) is 9.71. The smallest absolute Gasteiger partial charge is 0.287 e. The van der Waals surface area contributed by atoms with Crippen LogP contribution in [-0.4, -0.2) is 41.4 Å². The molecule has 0 aromatic carbocycles. The summed E-state index contributed by atoms with van der Waals surface area (Å²) in [6.45, 7) is 1.93. The number of aliphatic hydroxyl groups is 1. The number of nitrogens with zero attached hydrogens (tertiary/aromatic N) is 2. The molecule has 0 saturated carbocycles. The van der Waals surface area contributed by atoms with Gasteiger partial charge in [0.15, 0.2) is 0 Å². The Morgan fingerprint density at radius 2 is 2.41 bits per heavy atom. The molecule has 1 atom stereocenters. The van der Waals surface area contributed by atoms with E-state index in [4.69, 9.17) is 9.84 Å². The highest BCUT2D eigenvalue weighted by atomic mass is 16.6. The third-order valence-corrected chi connectivity index (χ3v) is 2.20. The molecule has 0 aliphatic carbocycles. The summed E-state index contributed by atoms with van der Waals surface area (Å²) in [5.74, 6) is 0.506. The molecule has 1 aromatic heterocycles. The van der Waals surface area contributed by atoms with E-state index in [9.17, 15) is 10.1 Å². The topological polar surface area (TPSA) is 97.5 Å². The molecule has 2 N–H and O–H groups in total. The number of aromatic nitrogens is 1. The summed E-state index contributed by atoms with van der Waals surface area (Å²) in [5.41, 5.74) is 0.592. The number of nitrogens with one attached hydrogen (secondary N) is 1. The molecular formula is C10H15N3O4. The molecule has 0 amide bonds. The van der Waals surface area contributed by atoms with Crippen molar-refractivity contribution in [3.63, 3.8) is 0 Å². The first-order valence-electron chi connectivity index (χ1n) is 5.05. The van der Waals surface area contributed by atoms with E-state index in [-0.39, 0.29) is 18.3 Å². The number of nitro groups is 1. The van der Waals surface area contributed by atoms with Crippen molar-refractivity contribution < 1.29 is 14.8 Å². The number of pyridine rings is 1. The van der Waals surface area contributed by atoms with Crippen molar-refractivity contribution in [2.45, 2.75) is 13.0 Å². The third kappa shape index (κ3) is 3.65. The Bertz CT molecular complexity index is 397. The molecule has 1 aromatic rings. The highest BCUT2D eigenvalue weighted by molar-refractivity contribution is 5.48. The number of aliphatic hydroxyl groups excluding tert-OH is 1. The van der Waals surface area contributed by atoms with E-state index in [0.717, 1.165) is 0 Å². The van der Waals surface area contributed by atoms with E-state index in [1.54, 1.807) is 6.92 Å². The molecule has 0 saturated heterocycles. The fraction of sp³-hybridized carbons (Fsp3) is 0.500. The molecule has 94 valence electrons. The fourth-order valence-electron chi connectivity index (χ4n) is 1.35. The lowest BCUT2D eigenvalue weighted by molar-refractivity contribution is -0.385. The Kier molecular flexibility index (Phi) is 4.80. The highest BCUT2D eigenvalue weighted by Gasteiger charge is 2.12. The Hall–Kier alpha value is -1.73. The predicted octanol–water partition coefficient (Wildman–Crippen LogP) is 0.717. The summed E-state index contributed by atoms with van der Waals surface area (Å²) < 4.78 is 4.91. The zero-order chi connectivity index (χ0) is 12.8. The third-order valence-electron chi connectivity index (χ3n) is 2.20. The van der Waals surface area contributed by atoms with Crippen LogP contribution in [0.5, 0.6) is 0 Å². The van der Waals surface area contributed by atoms with Gasteiger partial charge in [0.05, 0.1) is 24.2 Å². The minimum atomic E-state index is -0.498. The maximum atomic E-state index is 10.5. The van der Waals surface area contributed by atoms with Gasteiger partial charge in [-0.15, -0.1) is 0 Å². The average Bonchev–Trinajstić information content (AvgIpc) is 2.30. The fourth-order valence-corrected chi connectivity index (χ4v) is 1.35. The number of methoxy groups -OCH3 is 1. The van der Waals surface area contributed by atoms with Gasteiger partial charge in [0.25, 0.3) is 5.69 Å². The Morgan fingerprint density at radius 1 is 1.71 bits per heavy atom. The van der Waals surface area contributed by atoms with Gasteiger partial charge < -0.3 is 15.2 Å². The molecule has 1 heterocycles. The van der Waals surface area contributed by atoms with Crippen LogP contribution in [-0.2, 0) is 4.74 Å². The molecule has 0 aliphatic rings. The van der Waals surface area contributed by atoms with Crippen molar-refractivity contribution in [2.75, 3.05) is 25.6 Å². The Labute approximate surface area is 98.6 Å². The molecule has 0 bridgehead atoms. The summed E-state index contributed by atoms with van der Waals surface area (Å²) in [6, 6.07) is 1.14. The number of hydrogen-bond donors (Lipinski definition) is 2. The first-order chi connectivity index (χ1) is 8.08. The standard InChI is InChI=1S/C10H15N3O4/c1-7-3-9(13(15)16)4-11-10(7)12-8(5-14)6-17-2/h3-4,8,14H,5-6H2,1-2H3,(H,11,12). The molecule has 1 unspecified atom stereocenters. The quantitative estimate of drug-likeness (QED) is 0.562. The molecule has 17 heavy (non-hydrogen) atoms. The molecule has 0 aliphatic heterocycles. The van der Waals surface area contributed by atoms with E-state index < -0.39 is 4.92 Å². The van der Waals surface area contributed by atoms with Crippen LogP contribution >= 0.6 is 0 Å². The number of aryl methyl sites for hydroxylation is 1. The summed E-state index contributed by atoms with van der Waals surface area (Å²) in [5, 5.41) is 22.6. The summed E-state index contributed by atoms with van der Waals surface area (Å²) >= 11 is 0. The normalized spacial score (nSPS) is 12.2. The van der Waals surface area contributed by atoms with E-state index in [0.29, 0.717) is 18.0 Å². The summed E-state index contributed by atoms with van der Waals surface area (Å²) in [6.07, 6.45) is 1.18. The van der Waals surface area contributed by atoms with Gasteiger partial charge >= 0.3 is 0 Å². The molecular weight excluding hydrogens is 226 g/mol. The second kappa shape index (κ2) is 6.12. The number of hydrogen-bond acceptors (Lipinski definition) is 6. The van der Waals surface area contributed by atoms with Crippen LogP contribution < -0.4 is 5.32 Å². The highest BCUT2D eigenvalue weighted by Crippen LogP contribution is 2.18. The van der Waals surface area contributed by atoms with Crippen LogP contribution in [0.1, 0.15) is 5.56 Å². The van der Waals surface area contributed by atoms with E-state index in [2.05, 4.69) is 10.3 Å². The minimum Gasteiger partial charge on any atom is -0.394 e. The lowest BCUT2D eigenvalue weighted by Gasteiger charge is -2.16.